The molecular formula is C6H4OS2. The lowest BCUT2D eigenvalue weighted by Crippen LogP contribution is -1.43. The normalized spacial score (nSPS) is 10.7. The van der Waals surface area contributed by atoms with Gasteiger partial charge < -0.3 is 5.11 Å². The van der Waals surface area contributed by atoms with Crippen LogP contribution >= 0.6 is 22.7 Å². The minimum Gasteiger partial charge on any atom is -0.498 e. The second-order valence-electron chi connectivity index (χ2n) is 1.75. The van der Waals surface area contributed by atoms with E-state index in [9.17, 15) is 0 Å². The number of hydrogen-bond donors (Lipinski definition) is 1. The van der Waals surface area contributed by atoms with Gasteiger partial charge in [-0.25, -0.2) is 0 Å². The quantitative estimate of drug-likeness (QED) is 0.621. The Balaban J connectivity index is 2.99. The van der Waals surface area contributed by atoms with Crippen LogP contribution in [0.2, 0.25) is 0 Å². The van der Waals surface area contributed by atoms with Crippen molar-refractivity contribution in [2.75, 3.05) is 0 Å². The summed E-state index contributed by atoms with van der Waals surface area (Å²) in [6.45, 7) is 0. The summed E-state index contributed by atoms with van der Waals surface area (Å²) in [6.07, 6.45) is 0. The molecule has 0 amide bonds. The molecule has 0 aliphatic rings. The average molecular weight is 156 g/mol. The van der Waals surface area contributed by atoms with E-state index in [1.807, 2.05) is 16.8 Å². The van der Waals surface area contributed by atoms with E-state index >= 15 is 0 Å². The molecule has 0 fully saturated rings. The minimum absolute atomic E-state index is 0.444. The third kappa shape index (κ3) is 0.653. The molecule has 2 heterocycles. The Hall–Kier alpha value is -0.540. The molecule has 0 saturated carbocycles. The molecule has 1 N–H and O–H groups in total. The highest BCUT2D eigenvalue weighted by molar-refractivity contribution is 7.23. The Morgan fingerprint density at radius 3 is 3.00 bits per heavy atom. The number of thiophene rings is 2. The zero-order valence-corrected chi connectivity index (χ0v) is 6.13. The van der Waals surface area contributed by atoms with Gasteiger partial charge in [-0.3, -0.25) is 0 Å². The summed E-state index contributed by atoms with van der Waals surface area (Å²) < 4.78 is 1.01. The molecule has 0 saturated heterocycles. The number of aromatic hydroxyl groups is 1. The molecular weight excluding hydrogens is 152 g/mol. The fraction of sp³-hybridized carbons (Fsp3) is 0. The second kappa shape index (κ2) is 1.72. The zero-order chi connectivity index (χ0) is 6.27. The van der Waals surface area contributed by atoms with Crippen LogP contribution in [0.5, 0.6) is 5.06 Å². The van der Waals surface area contributed by atoms with Crippen molar-refractivity contribution in [2.24, 2.45) is 0 Å². The molecule has 0 aliphatic carbocycles. The SMILES string of the molecule is Oc1scc2ccsc12. The fourth-order valence-electron chi connectivity index (χ4n) is 0.759. The highest BCUT2D eigenvalue weighted by Gasteiger charge is 2.00. The molecule has 9 heavy (non-hydrogen) atoms. The van der Waals surface area contributed by atoms with Crippen LogP contribution in [0, 0.1) is 0 Å². The van der Waals surface area contributed by atoms with Gasteiger partial charge in [0.2, 0.25) is 0 Å². The molecule has 0 radical (unpaired) electrons. The van der Waals surface area contributed by atoms with E-state index in [4.69, 9.17) is 5.11 Å². The van der Waals surface area contributed by atoms with E-state index in [0.29, 0.717) is 5.06 Å². The highest BCUT2D eigenvalue weighted by Crippen LogP contribution is 2.35. The smallest absolute Gasteiger partial charge is 0.189 e. The summed E-state index contributed by atoms with van der Waals surface area (Å²) in [5.74, 6) is 0. The maximum absolute atomic E-state index is 9.13. The van der Waals surface area contributed by atoms with Gasteiger partial charge in [-0.05, 0) is 11.4 Å². The predicted molar refractivity (Wildman–Crippen MR) is 41.4 cm³/mol. The number of hydrogen-bond acceptors (Lipinski definition) is 3. The van der Waals surface area contributed by atoms with Crippen molar-refractivity contribution >= 4 is 32.8 Å². The molecule has 0 unspecified atom stereocenters. The minimum atomic E-state index is 0.444. The number of rotatable bonds is 0. The van der Waals surface area contributed by atoms with Crippen molar-refractivity contribution in [2.45, 2.75) is 0 Å². The Kier molecular flexibility index (Phi) is 1.00. The van der Waals surface area contributed by atoms with Crippen LogP contribution < -0.4 is 0 Å². The van der Waals surface area contributed by atoms with Crippen LogP contribution in [0.25, 0.3) is 10.1 Å². The molecule has 0 aromatic carbocycles. The van der Waals surface area contributed by atoms with E-state index in [2.05, 4.69) is 0 Å². The standard InChI is InChI=1S/C6H4OS2/c7-6-5-4(3-9-6)1-2-8-5/h1-3,7H. The molecule has 0 atom stereocenters. The summed E-state index contributed by atoms with van der Waals surface area (Å²) in [5.41, 5.74) is 0. The topological polar surface area (TPSA) is 20.2 Å². The van der Waals surface area contributed by atoms with Gasteiger partial charge in [0, 0.05) is 10.8 Å². The third-order valence-corrected chi connectivity index (χ3v) is 3.05. The van der Waals surface area contributed by atoms with Crippen molar-refractivity contribution in [3.63, 3.8) is 0 Å². The summed E-state index contributed by atoms with van der Waals surface area (Å²) in [6, 6.07) is 2.01. The fourth-order valence-corrected chi connectivity index (χ4v) is 2.50. The first-order valence-corrected chi connectivity index (χ1v) is 4.27. The first kappa shape index (κ1) is 5.26. The Morgan fingerprint density at radius 1 is 1.33 bits per heavy atom. The van der Waals surface area contributed by atoms with E-state index in [1.54, 1.807) is 11.3 Å². The molecule has 3 heteroatoms. The molecule has 2 aromatic heterocycles. The van der Waals surface area contributed by atoms with Gasteiger partial charge in [0.1, 0.15) is 0 Å². The Morgan fingerprint density at radius 2 is 2.22 bits per heavy atom. The van der Waals surface area contributed by atoms with E-state index < -0.39 is 0 Å². The molecule has 0 spiro atoms. The third-order valence-electron chi connectivity index (χ3n) is 1.19. The lowest BCUT2D eigenvalue weighted by atomic mass is 10.4. The van der Waals surface area contributed by atoms with Crippen molar-refractivity contribution in [3.05, 3.63) is 16.8 Å². The number of fused-ring (bicyclic) bond motifs is 1. The van der Waals surface area contributed by atoms with Crippen LogP contribution in [0.3, 0.4) is 0 Å². The summed E-state index contributed by atoms with van der Waals surface area (Å²) in [7, 11) is 0. The van der Waals surface area contributed by atoms with Crippen molar-refractivity contribution in [3.8, 4) is 5.06 Å². The van der Waals surface area contributed by atoms with E-state index in [0.717, 1.165) is 10.1 Å². The lowest BCUT2D eigenvalue weighted by molar-refractivity contribution is 0.497. The maximum Gasteiger partial charge on any atom is 0.189 e. The van der Waals surface area contributed by atoms with Gasteiger partial charge in [0.25, 0.3) is 0 Å². The Bertz CT molecular complexity index is 320. The van der Waals surface area contributed by atoms with Crippen LogP contribution in [0.15, 0.2) is 16.8 Å². The van der Waals surface area contributed by atoms with Crippen LogP contribution in [-0.2, 0) is 0 Å². The second-order valence-corrected chi connectivity index (χ2v) is 3.52. The average Bonchev–Trinajstić information content (AvgIpc) is 2.35. The molecule has 0 bridgehead atoms. The molecule has 0 aliphatic heterocycles. The first-order chi connectivity index (χ1) is 4.38. The van der Waals surface area contributed by atoms with Crippen molar-refractivity contribution < 1.29 is 5.11 Å². The molecule has 2 rings (SSSR count). The largest absolute Gasteiger partial charge is 0.498 e. The molecule has 1 nitrogen and oxygen atoms in total. The van der Waals surface area contributed by atoms with Crippen molar-refractivity contribution in [1.29, 1.82) is 0 Å². The van der Waals surface area contributed by atoms with Gasteiger partial charge in [0.05, 0.1) is 4.70 Å². The van der Waals surface area contributed by atoms with Gasteiger partial charge >= 0.3 is 0 Å². The monoisotopic (exact) mass is 156 g/mol. The predicted octanol–water partition coefficient (Wildman–Crippen LogP) is 2.67. The summed E-state index contributed by atoms with van der Waals surface area (Å²) in [4.78, 5) is 0. The zero-order valence-electron chi connectivity index (χ0n) is 4.50. The maximum atomic E-state index is 9.13. The van der Waals surface area contributed by atoms with E-state index in [-0.39, 0.29) is 0 Å². The molecule has 2 aromatic rings. The lowest BCUT2D eigenvalue weighted by Gasteiger charge is -1.75. The summed E-state index contributed by atoms with van der Waals surface area (Å²) in [5, 5.41) is 14.7. The molecule has 46 valence electrons. The van der Waals surface area contributed by atoms with E-state index in [1.165, 1.54) is 11.3 Å². The van der Waals surface area contributed by atoms with Crippen LogP contribution in [0.4, 0.5) is 0 Å². The van der Waals surface area contributed by atoms with Crippen molar-refractivity contribution in [1.82, 2.24) is 0 Å². The van der Waals surface area contributed by atoms with Gasteiger partial charge in [-0.1, -0.05) is 0 Å². The Labute approximate surface area is 60.2 Å². The first-order valence-electron chi connectivity index (χ1n) is 2.51. The highest BCUT2D eigenvalue weighted by atomic mass is 32.1. The van der Waals surface area contributed by atoms with Gasteiger partial charge in [-0.2, -0.15) is 0 Å². The van der Waals surface area contributed by atoms with Crippen LogP contribution in [0.1, 0.15) is 0 Å². The van der Waals surface area contributed by atoms with Gasteiger partial charge in [0.15, 0.2) is 5.06 Å². The summed E-state index contributed by atoms with van der Waals surface area (Å²) >= 11 is 2.97. The van der Waals surface area contributed by atoms with Gasteiger partial charge in [-0.15, -0.1) is 22.7 Å². The van der Waals surface area contributed by atoms with Crippen LogP contribution in [-0.4, -0.2) is 5.11 Å².